The molecule has 126 valence electrons. The molecule has 0 bridgehead atoms. The monoisotopic (exact) mass is 343 g/mol. The molecule has 0 amide bonds. The number of fused-ring (bicyclic) bond motifs is 1. The molecule has 0 saturated heterocycles. The molecular weight excluding hydrogens is 322 g/mol. The van der Waals surface area contributed by atoms with Crippen molar-refractivity contribution in [1.82, 2.24) is 0 Å². The van der Waals surface area contributed by atoms with Crippen molar-refractivity contribution in [3.8, 4) is 5.75 Å². The zero-order valence-electron chi connectivity index (χ0n) is 13.4. The molecule has 4 heteroatoms. The number of rotatable bonds is 6. The van der Waals surface area contributed by atoms with Crippen molar-refractivity contribution >= 4 is 23.2 Å². The summed E-state index contributed by atoms with van der Waals surface area (Å²) in [6.45, 7) is 0.474. The lowest BCUT2D eigenvalue weighted by molar-refractivity contribution is 0.262. The first-order valence-electron chi connectivity index (χ1n) is 7.81. The first-order chi connectivity index (χ1) is 11.3. The highest BCUT2D eigenvalue weighted by molar-refractivity contribution is 5.87. The third kappa shape index (κ3) is 4.26. The van der Waals surface area contributed by atoms with Crippen LogP contribution in [0.3, 0.4) is 0 Å². The summed E-state index contributed by atoms with van der Waals surface area (Å²) in [6.07, 6.45) is 0.585. The fourth-order valence-electron chi connectivity index (χ4n) is 2.72. The predicted octanol–water partition coefficient (Wildman–Crippen LogP) is 3.70. The van der Waals surface area contributed by atoms with Crippen molar-refractivity contribution < 1.29 is 9.84 Å². The van der Waals surface area contributed by atoms with Crippen LogP contribution in [0.1, 0.15) is 11.1 Å². The van der Waals surface area contributed by atoms with Crippen molar-refractivity contribution in [2.45, 2.75) is 19.1 Å². The van der Waals surface area contributed by atoms with Crippen LogP contribution < -0.4 is 10.5 Å². The van der Waals surface area contributed by atoms with E-state index in [1.807, 2.05) is 48.5 Å². The molecule has 3 nitrogen and oxygen atoms in total. The number of ether oxygens (including phenoxy) is 1. The van der Waals surface area contributed by atoms with Gasteiger partial charge in [0.05, 0.1) is 6.61 Å². The van der Waals surface area contributed by atoms with E-state index in [0.29, 0.717) is 13.0 Å². The topological polar surface area (TPSA) is 55.5 Å². The Morgan fingerprint density at radius 2 is 1.62 bits per heavy atom. The highest BCUT2D eigenvalue weighted by atomic mass is 35.5. The van der Waals surface area contributed by atoms with Gasteiger partial charge < -0.3 is 15.6 Å². The Labute approximate surface area is 148 Å². The van der Waals surface area contributed by atoms with Gasteiger partial charge in [0.1, 0.15) is 12.4 Å². The van der Waals surface area contributed by atoms with E-state index in [0.717, 1.165) is 27.6 Å². The van der Waals surface area contributed by atoms with E-state index in [1.165, 1.54) is 0 Å². The van der Waals surface area contributed by atoms with E-state index in [-0.39, 0.29) is 25.1 Å². The molecule has 3 aromatic rings. The maximum absolute atomic E-state index is 9.30. The second-order valence-corrected chi connectivity index (χ2v) is 5.68. The van der Waals surface area contributed by atoms with Crippen LogP contribution in [0.15, 0.2) is 66.7 Å². The summed E-state index contributed by atoms with van der Waals surface area (Å²) in [5.74, 6) is 0.830. The lowest BCUT2D eigenvalue weighted by atomic mass is 9.98. The summed E-state index contributed by atoms with van der Waals surface area (Å²) >= 11 is 0. The standard InChI is InChI=1S/C20H21NO2.ClH/c21-17(13-22)12-19-18-9-5-4-8-16(18)10-11-20(19)23-14-15-6-2-1-3-7-15;/h1-11,17,22H,12-14,21H2;1H. The van der Waals surface area contributed by atoms with Gasteiger partial charge in [-0.15, -0.1) is 12.4 Å². The highest BCUT2D eigenvalue weighted by Gasteiger charge is 2.12. The van der Waals surface area contributed by atoms with Gasteiger partial charge in [0.25, 0.3) is 0 Å². The zero-order valence-corrected chi connectivity index (χ0v) is 14.2. The van der Waals surface area contributed by atoms with Crippen LogP contribution in [-0.2, 0) is 13.0 Å². The Balaban J connectivity index is 0.00000208. The molecular formula is C20H22ClNO2. The van der Waals surface area contributed by atoms with Crippen LogP contribution in [0.4, 0.5) is 0 Å². The highest BCUT2D eigenvalue weighted by Crippen LogP contribution is 2.29. The number of benzene rings is 3. The van der Waals surface area contributed by atoms with E-state index in [1.54, 1.807) is 0 Å². The second kappa shape index (κ2) is 8.69. The summed E-state index contributed by atoms with van der Waals surface area (Å²) in [4.78, 5) is 0. The van der Waals surface area contributed by atoms with Crippen LogP contribution in [0.5, 0.6) is 5.75 Å². The van der Waals surface area contributed by atoms with Crippen molar-refractivity contribution in [1.29, 1.82) is 0 Å². The summed E-state index contributed by atoms with van der Waals surface area (Å²) in [6, 6.07) is 22.0. The van der Waals surface area contributed by atoms with Gasteiger partial charge in [0, 0.05) is 11.6 Å². The average Bonchev–Trinajstić information content (AvgIpc) is 2.61. The SMILES string of the molecule is Cl.NC(CO)Cc1c(OCc2ccccc2)ccc2ccccc12. The molecule has 0 aliphatic rings. The third-order valence-electron chi connectivity index (χ3n) is 3.94. The quantitative estimate of drug-likeness (QED) is 0.717. The minimum atomic E-state index is -0.292. The van der Waals surface area contributed by atoms with Crippen molar-refractivity contribution in [3.63, 3.8) is 0 Å². The second-order valence-electron chi connectivity index (χ2n) is 5.68. The van der Waals surface area contributed by atoms with Crippen LogP contribution in [0.25, 0.3) is 10.8 Å². The van der Waals surface area contributed by atoms with Crippen LogP contribution >= 0.6 is 12.4 Å². The number of hydrogen-bond acceptors (Lipinski definition) is 3. The number of halogens is 1. The van der Waals surface area contributed by atoms with Gasteiger partial charge >= 0.3 is 0 Å². The lowest BCUT2D eigenvalue weighted by Gasteiger charge is -2.17. The average molecular weight is 344 g/mol. The van der Waals surface area contributed by atoms with Gasteiger partial charge in [-0.1, -0.05) is 60.7 Å². The maximum atomic E-state index is 9.30. The van der Waals surface area contributed by atoms with E-state index >= 15 is 0 Å². The van der Waals surface area contributed by atoms with Crippen molar-refractivity contribution in [2.24, 2.45) is 5.73 Å². The Morgan fingerprint density at radius 1 is 0.917 bits per heavy atom. The fraction of sp³-hybridized carbons (Fsp3) is 0.200. The molecule has 0 aliphatic heterocycles. The Morgan fingerprint density at radius 3 is 2.38 bits per heavy atom. The lowest BCUT2D eigenvalue weighted by Crippen LogP contribution is -2.27. The van der Waals surface area contributed by atoms with Crippen LogP contribution in [0.2, 0.25) is 0 Å². The normalized spacial score (nSPS) is 11.8. The molecule has 3 N–H and O–H groups in total. The summed E-state index contributed by atoms with van der Waals surface area (Å²) in [5, 5.41) is 11.6. The molecule has 1 unspecified atom stereocenters. The van der Waals surface area contributed by atoms with Crippen LogP contribution in [-0.4, -0.2) is 17.8 Å². The Hall–Kier alpha value is -2.07. The predicted molar refractivity (Wildman–Crippen MR) is 101 cm³/mol. The molecule has 0 heterocycles. The molecule has 3 rings (SSSR count). The molecule has 0 saturated carbocycles. The van der Waals surface area contributed by atoms with E-state index in [9.17, 15) is 5.11 Å². The first kappa shape index (κ1) is 18.3. The number of hydrogen-bond donors (Lipinski definition) is 2. The van der Waals surface area contributed by atoms with E-state index < -0.39 is 0 Å². The fourth-order valence-corrected chi connectivity index (χ4v) is 2.72. The number of aliphatic hydroxyl groups is 1. The smallest absolute Gasteiger partial charge is 0.123 e. The number of nitrogens with two attached hydrogens (primary N) is 1. The van der Waals surface area contributed by atoms with Crippen molar-refractivity contribution in [2.75, 3.05) is 6.61 Å². The van der Waals surface area contributed by atoms with Gasteiger partial charge in [0.2, 0.25) is 0 Å². The molecule has 3 aromatic carbocycles. The molecule has 1 atom stereocenters. The molecule has 0 aromatic heterocycles. The minimum Gasteiger partial charge on any atom is -0.489 e. The van der Waals surface area contributed by atoms with Gasteiger partial charge in [-0.25, -0.2) is 0 Å². The molecule has 24 heavy (non-hydrogen) atoms. The van der Waals surface area contributed by atoms with Crippen LogP contribution in [0, 0.1) is 0 Å². The summed E-state index contributed by atoms with van der Waals surface area (Å²) in [7, 11) is 0. The molecule has 0 aliphatic carbocycles. The molecule has 0 radical (unpaired) electrons. The van der Waals surface area contributed by atoms with Gasteiger partial charge in [-0.2, -0.15) is 0 Å². The number of aliphatic hydroxyl groups excluding tert-OH is 1. The molecule has 0 spiro atoms. The van der Waals surface area contributed by atoms with Gasteiger partial charge in [-0.05, 0) is 28.8 Å². The van der Waals surface area contributed by atoms with E-state index in [2.05, 4.69) is 18.2 Å². The Bertz CT molecular complexity index is 777. The zero-order chi connectivity index (χ0) is 16.1. The maximum Gasteiger partial charge on any atom is 0.123 e. The van der Waals surface area contributed by atoms with Crippen molar-refractivity contribution in [3.05, 3.63) is 77.9 Å². The summed E-state index contributed by atoms with van der Waals surface area (Å²) < 4.78 is 6.04. The molecule has 0 fully saturated rings. The van der Waals surface area contributed by atoms with E-state index in [4.69, 9.17) is 10.5 Å². The largest absolute Gasteiger partial charge is 0.489 e. The Kier molecular flexibility index (Phi) is 6.62. The summed E-state index contributed by atoms with van der Waals surface area (Å²) in [5.41, 5.74) is 8.15. The third-order valence-corrected chi connectivity index (χ3v) is 3.94. The minimum absolute atomic E-state index is 0. The van der Waals surface area contributed by atoms with Gasteiger partial charge in [0.15, 0.2) is 0 Å². The first-order valence-corrected chi connectivity index (χ1v) is 7.81. The van der Waals surface area contributed by atoms with Gasteiger partial charge in [-0.3, -0.25) is 0 Å².